The summed E-state index contributed by atoms with van der Waals surface area (Å²) in [5, 5.41) is 4.82. The Morgan fingerprint density at radius 2 is 2.42 bits per heavy atom. The molecular weight excluding hydrogens is 262 g/mol. The third-order valence-corrected chi connectivity index (χ3v) is 4.28. The highest BCUT2D eigenvalue weighted by Gasteiger charge is 2.30. The highest BCUT2D eigenvalue weighted by molar-refractivity contribution is 7.09. The van der Waals surface area contributed by atoms with Gasteiger partial charge in [0.1, 0.15) is 6.04 Å². The van der Waals surface area contributed by atoms with Gasteiger partial charge in [-0.3, -0.25) is 4.79 Å². The second-order valence-electron chi connectivity index (χ2n) is 4.80. The number of likely N-dealkylation sites (tertiary alicyclic amines) is 1. The van der Waals surface area contributed by atoms with Gasteiger partial charge in [0, 0.05) is 32.1 Å². The topological polar surface area (TPSA) is 52.7 Å². The summed E-state index contributed by atoms with van der Waals surface area (Å²) in [6, 6.07) is 3.53. The molecule has 0 radical (unpaired) electrons. The lowest BCUT2D eigenvalue weighted by Crippen LogP contribution is -2.46. The molecule has 0 saturated carbocycles. The van der Waals surface area contributed by atoms with Gasteiger partial charge >= 0.3 is 6.03 Å². The number of carbonyl (C=O) groups excluding carboxylic acids is 2. The van der Waals surface area contributed by atoms with E-state index in [2.05, 4.69) is 11.4 Å². The SMILES string of the molecule is CN(CCc1cccs1)C(=O)NC1CCN(C)C1=O. The van der Waals surface area contributed by atoms with E-state index >= 15 is 0 Å². The van der Waals surface area contributed by atoms with Crippen LogP contribution in [0.2, 0.25) is 0 Å². The van der Waals surface area contributed by atoms with Crippen LogP contribution in [-0.4, -0.2) is 55.0 Å². The number of nitrogens with zero attached hydrogens (tertiary/aromatic N) is 2. The first-order chi connectivity index (χ1) is 9.08. The zero-order valence-corrected chi connectivity index (χ0v) is 12.1. The fourth-order valence-corrected chi connectivity index (χ4v) is 2.75. The molecule has 1 atom stereocenters. The number of hydrogen-bond donors (Lipinski definition) is 1. The molecule has 5 nitrogen and oxygen atoms in total. The zero-order valence-electron chi connectivity index (χ0n) is 11.3. The Kier molecular flexibility index (Phi) is 4.42. The number of urea groups is 1. The van der Waals surface area contributed by atoms with Crippen LogP contribution in [0.3, 0.4) is 0 Å². The quantitative estimate of drug-likeness (QED) is 0.900. The number of hydrogen-bond acceptors (Lipinski definition) is 3. The summed E-state index contributed by atoms with van der Waals surface area (Å²) < 4.78 is 0. The largest absolute Gasteiger partial charge is 0.344 e. The highest BCUT2D eigenvalue weighted by Crippen LogP contribution is 2.11. The maximum absolute atomic E-state index is 12.0. The van der Waals surface area contributed by atoms with Gasteiger partial charge in [0.25, 0.3) is 0 Å². The fraction of sp³-hybridized carbons (Fsp3) is 0.538. The van der Waals surface area contributed by atoms with Crippen molar-refractivity contribution < 1.29 is 9.59 Å². The maximum atomic E-state index is 12.0. The molecule has 0 bridgehead atoms. The van der Waals surface area contributed by atoms with Gasteiger partial charge in [-0.1, -0.05) is 6.07 Å². The van der Waals surface area contributed by atoms with Gasteiger partial charge in [-0.05, 0) is 24.3 Å². The molecule has 104 valence electrons. The van der Waals surface area contributed by atoms with Crippen LogP contribution in [0.25, 0.3) is 0 Å². The summed E-state index contributed by atoms with van der Waals surface area (Å²) in [5.74, 6) is 0.00000630. The minimum absolute atomic E-state index is 0.00000630. The van der Waals surface area contributed by atoms with Gasteiger partial charge < -0.3 is 15.1 Å². The Hall–Kier alpha value is -1.56. The van der Waals surface area contributed by atoms with Gasteiger partial charge in [-0.25, -0.2) is 4.79 Å². The predicted molar refractivity (Wildman–Crippen MR) is 75.2 cm³/mol. The standard InChI is InChI=1S/C13H19N3O2S/c1-15-8-6-11(12(15)17)14-13(18)16(2)7-5-10-4-3-9-19-10/h3-4,9,11H,5-8H2,1-2H3,(H,14,18). The van der Waals surface area contributed by atoms with Gasteiger partial charge in [0.2, 0.25) is 5.91 Å². The highest BCUT2D eigenvalue weighted by atomic mass is 32.1. The number of carbonyl (C=O) groups is 2. The molecule has 1 saturated heterocycles. The first-order valence-electron chi connectivity index (χ1n) is 6.37. The van der Waals surface area contributed by atoms with Crippen molar-refractivity contribution in [3.63, 3.8) is 0 Å². The summed E-state index contributed by atoms with van der Waals surface area (Å²) in [4.78, 5) is 28.2. The van der Waals surface area contributed by atoms with Crippen LogP contribution in [0.4, 0.5) is 4.79 Å². The van der Waals surface area contributed by atoms with Crippen molar-refractivity contribution in [1.82, 2.24) is 15.1 Å². The van der Waals surface area contributed by atoms with Crippen molar-refractivity contribution in [3.8, 4) is 0 Å². The zero-order chi connectivity index (χ0) is 13.8. The molecule has 0 spiro atoms. The van der Waals surface area contributed by atoms with Crippen molar-refractivity contribution >= 4 is 23.3 Å². The molecule has 3 amide bonds. The van der Waals surface area contributed by atoms with Crippen molar-refractivity contribution in [2.24, 2.45) is 0 Å². The van der Waals surface area contributed by atoms with E-state index in [1.165, 1.54) is 4.88 Å². The second kappa shape index (κ2) is 6.06. The predicted octanol–water partition coefficient (Wildman–Crippen LogP) is 1.16. The normalized spacial score (nSPS) is 18.7. The monoisotopic (exact) mass is 281 g/mol. The van der Waals surface area contributed by atoms with E-state index in [0.29, 0.717) is 19.5 Å². The summed E-state index contributed by atoms with van der Waals surface area (Å²) >= 11 is 1.69. The molecule has 2 heterocycles. The molecule has 1 N–H and O–H groups in total. The molecule has 1 aromatic heterocycles. The Balaban J connectivity index is 1.78. The molecule has 1 aliphatic heterocycles. The van der Waals surface area contributed by atoms with E-state index in [9.17, 15) is 9.59 Å². The molecule has 1 aliphatic rings. The Morgan fingerprint density at radius 3 is 3.00 bits per heavy atom. The lowest BCUT2D eigenvalue weighted by Gasteiger charge is -2.20. The number of amides is 3. The first-order valence-corrected chi connectivity index (χ1v) is 7.25. The molecule has 6 heteroatoms. The van der Waals surface area contributed by atoms with Crippen LogP contribution >= 0.6 is 11.3 Å². The average Bonchev–Trinajstić information content (AvgIpc) is 3.01. The van der Waals surface area contributed by atoms with E-state index in [1.807, 2.05) is 11.4 Å². The smallest absolute Gasteiger partial charge is 0.317 e. The van der Waals surface area contributed by atoms with Crippen LogP contribution in [0.15, 0.2) is 17.5 Å². The van der Waals surface area contributed by atoms with Crippen molar-refractivity contribution in [2.75, 3.05) is 27.2 Å². The first kappa shape index (κ1) is 13.9. The Bertz CT molecular complexity index is 447. The average molecular weight is 281 g/mol. The summed E-state index contributed by atoms with van der Waals surface area (Å²) in [6.07, 6.45) is 1.54. The molecular formula is C13H19N3O2S. The van der Waals surface area contributed by atoms with Crippen molar-refractivity contribution in [2.45, 2.75) is 18.9 Å². The minimum Gasteiger partial charge on any atom is -0.344 e. The van der Waals surface area contributed by atoms with Crippen LogP contribution < -0.4 is 5.32 Å². The van der Waals surface area contributed by atoms with Gasteiger partial charge in [-0.15, -0.1) is 11.3 Å². The number of rotatable bonds is 4. The van der Waals surface area contributed by atoms with Crippen LogP contribution in [0.5, 0.6) is 0 Å². The number of likely N-dealkylation sites (N-methyl/N-ethyl adjacent to an activating group) is 2. The second-order valence-corrected chi connectivity index (χ2v) is 5.83. The summed E-state index contributed by atoms with van der Waals surface area (Å²) in [6.45, 7) is 1.37. The van der Waals surface area contributed by atoms with Gasteiger partial charge in [0.05, 0.1) is 0 Å². The fourth-order valence-electron chi connectivity index (χ4n) is 2.05. The minimum atomic E-state index is -0.360. The van der Waals surface area contributed by atoms with Crippen molar-refractivity contribution in [1.29, 1.82) is 0 Å². The van der Waals surface area contributed by atoms with Crippen molar-refractivity contribution in [3.05, 3.63) is 22.4 Å². The number of thiophene rings is 1. The number of nitrogens with one attached hydrogen (secondary N) is 1. The van der Waals surface area contributed by atoms with Gasteiger partial charge in [-0.2, -0.15) is 0 Å². The molecule has 2 rings (SSSR count). The van der Waals surface area contributed by atoms with E-state index in [-0.39, 0.29) is 18.0 Å². The van der Waals surface area contributed by atoms with E-state index < -0.39 is 0 Å². The molecule has 0 aromatic carbocycles. The molecule has 19 heavy (non-hydrogen) atoms. The van der Waals surface area contributed by atoms with E-state index in [4.69, 9.17) is 0 Å². The van der Waals surface area contributed by atoms with E-state index in [0.717, 1.165) is 6.42 Å². The van der Waals surface area contributed by atoms with E-state index in [1.54, 1.807) is 35.2 Å². The molecule has 1 aromatic rings. The lowest BCUT2D eigenvalue weighted by atomic mass is 10.2. The van der Waals surface area contributed by atoms with Crippen LogP contribution in [0.1, 0.15) is 11.3 Å². The van der Waals surface area contributed by atoms with Gasteiger partial charge in [0.15, 0.2) is 0 Å². The summed E-state index contributed by atoms with van der Waals surface area (Å²) in [7, 11) is 3.51. The third kappa shape index (κ3) is 3.47. The Labute approximate surface area is 117 Å². The third-order valence-electron chi connectivity index (χ3n) is 3.35. The molecule has 1 unspecified atom stereocenters. The molecule has 0 aliphatic carbocycles. The summed E-state index contributed by atoms with van der Waals surface area (Å²) in [5.41, 5.74) is 0. The Morgan fingerprint density at radius 1 is 1.63 bits per heavy atom. The lowest BCUT2D eigenvalue weighted by molar-refractivity contribution is -0.128. The van der Waals surface area contributed by atoms with Crippen LogP contribution in [-0.2, 0) is 11.2 Å². The maximum Gasteiger partial charge on any atom is 0.317 e. The molecule has 1 fully saturated rings. The van der Waals surface area contributed by atoms with Crippen LogP contribution in [0, 0.1) is 0 Å².